The molecule has 2 fully saturated rings. The van der Waals surface area contributed by atoms with Crippen LogP contribution >= 0.6 is 0 Å². The van der Waals surface area contributed by atoms with Gasteiger partial charge in [-0.15, -0.1) is 0 Å². The lowest BCUT2D eigenvalue weighted by Crippen LogP contribution is -2.49. The lowest BCUT2D eigenvalue weighted by molar-refractivity contribution is -0.135. The SMILES string of the molecule is CC(C)C1NC(=O)CCN(CC2CCCOC2)C1=O. The summed E-state index contributed by atoms with van der Waals surface area (Å²) in [6.07, 6.45) is 2.58. The van der Waals surface area contributed by atoms with Gasteiger partial charge < -0.3 is 15.0 Å². The van der Waals surface area contributed by atoms with Gasteiger partial charge in [0.05, 0.1) is 6.61 Å². The first kappa shape index (κ1) is 14.3. The molecule has 2 atom stereocenters. The molecule has 0 spiro atoms. The van der Waals surface area contributed by atoms with Crippen LogP contribution in [0.3, 0.4) is 0 Å². The monoisotopic (exact) mass is 268 g/mol. The Morgan fingerprint density at radius 1 is 1.42 bits per heavy atom. The lowest BCUT2D eigenvalue weighted by Gasteiger charge is -2.31. The number of hydrogen-bond donors (Lipinski definition) is 1. The summed E-state index contributed by atoms with van der Waals surface area (Å²) in [6.45, 7) is 6.75. The zero-order chi connectivity index (χ0) is 13.8. The highest BCUT2D eigenvalue weighted by Crippen LogP contribution is 2.18. The van der Waals surface area contributed by atoms with Gasteiger partial charge in [-0.05, 0) is 24.7 Å². The predicted octanol–water partition coefficient (Wildman–Crippen LogP) is 0.786. The fourth-order valence-corrected chi connectivity index (χ4v) is 2.75. The number of carbonyl (C=O) groups excluding carboxylic acids is 2. The molecule has 1 N–H and O–H groups in total. The van der Waals surface area contributed by atoms with Gasteiger partial charge in [-0.25, -0.2) is 0 Å². The van der Waals surface area contributed by atoms with Gasteiger partial charge in [0.2, 0.25) is 11.8 Å². The number of hydrogen-bond acceptors (Lipinski definition) is 3. The minimum Gasteiger partial charge on any atom is -0.381 e. The van der Waals surface area contributed by atoms with Crippen molar-refractivity contribution in [2.45, 2.75) is 39.2 Å². The molecule has 2 amide bonds. The fourth-order valence-electron chi connectivity index (χ4n) is 2.75. The van der Waals surface area contributed by atoms with Gasteiger partial charge in [0.25, 0.3) is 0 Å². The third-order valence-electron chi connectivity index (χ3n) is 3.90. The van der Waals surface area contributed by atoms with Crippen LogP contribution in [-0.2, 0) is 14.3 Å². The van der Waals surface area contributed by atoms with Gasteiger partial charge in [0.1, 0.15) is 6.04 Å². The number of nitrogens with one attached hydrogen (secondary N) is 1. The van der Waals surface area contributed by atoms with E-state index in [1.165, 1.54) is 0 Å². The van der Waals surface area contributed by atoms with Crippen molar-refractivity contribution in [1.82, 2.24) is 10.2 Å². The normalized spacial score (nSPS) is 29.3. The number of carbonyl (C=O) groups is 2. The van der Waals surface area contributed by atoms with Crippen LogP contribution in [0.25, 0.3) is 0 Å². The van der Waals surface area contributed by atoms with Crippen LogP contribution in [0.15, 0.2) is 0 Å². The molecule has 108 valence electrons. The Bertz CT molecular complexity index is 338. The Balaban J connectivity index is 2.01. The molecule has 0 saturated carbocycles. The maximum absolute atomic E-state index is 12.5. The highest BCUT2D eigenvalue weighted by atomic mass is 16.5. The second kappa shape index (κ2) is 6.37. The molecule has 2 rings (SSSR count). The van der Waals surface area contributed by atoms with E-state index in [0.29, 0.717) is 18.9 Å². The van der Waals surface area contributed by atoms with Crippen molar-refractivity contribution < 1.29 is 14.3 Å². The van der Waals surface area contributed by atoms with Gasteiger partial charge in [-0.1, -0.05) is 13.8 Å². The van der Waals surface area contributed by atoms with Crippen molar-refractivity contribution in [1.29, 1.82) is 0 Å². The molecule has 0 aromatic heterocycles. The number of ether oxygens (including phenoxy) is 1. The summed E-state index contributed by atoms with van der Waals surface area (Å²) in [5.41, 5.74) is 0. The first-order valence-electron chi connectivity index (χ1n) is 7.24. The van der Waals surface area contributed by atoms with Crippen molar-refractivity contribution in [3.63, 3.8) is 0 Å². The molecule has 5 heteroatoms. The van der Waals surface area contributed by atoms with E-state index in [0.717, 1.165) is 32.6 Å². The minimum atomic E-state index is -0.375. The van der Waals surface area contributed by atoms with E-state index in [9.17, 15) is 9.59 Å². The Hall–Kier alpha value is -1.10. The summed E-state index contributed by atoms with van der Waals surface area (Å²) in [6, 6.07) is -0.375. The van der Waals surface area contributed by atoms with Crippen LogP contribution < -0.4 is 5.32 Å². The van der Waals surface area contributed by atoms with Crippen molar-refractivity contribution in [3.8, 4) is 0 Å². The quantitative estimate of drug-likeness (QED) is 0.823. The summed E-state index contributed by atoms with van der Waals surface area (Å²) in [5.74, 6) is 0.583. The summed E-state index contributed by atoms with van der Waals surface area (Å²) < 4.78 is 5.47. The Kier molecular flexibility index (Phi) is 4.80. The largest absolute Gasteiger partial charge is 0.381 e. The number of nitrogens with zero attached hydrogens (tertiary/aromatic N) is 1. The van der Waals surface area contributed by atoms with Gasteiger partial charge in [-0.2, -0.15) is 0 Å². The van der Waals surface area contributed by atoms with Crippen molar-refractivity contribution >= 4 is 11.8 Å². The molecule has 2 unspecified atom stereocenters. The van der Waals surface area contributed by atoms with E-state index < -0.39 is 0 Å². The van der Waals surface area contributed by atoms with Crippen molar-refractivity contribution in [2.75, 3.05) is 26.3 Å². The van der Waals surface area contributed by atoms with Crippen LogP contribution in [0.2, 0.25) is 0 Å². The van der Waals surface area contributed by atoms with Gasteiger partial charge in [0.15, 0.2) is 0 Å². The van der Waals surface area contributed by atoms with E-state index in [1.807, 2.05) is 18.7 Å². The highest BCUT2D eigenvalue weighted by molar-refractivity contribution is 5.90. The average Bonchev–Trinajstić information content (AvgIpc) is 2.53. The fraction of sp³-hybridized carbons (Fsp3) is 0.857. The Morgan fingerprint density at radius 3 is 2.84 bits per heavy atom. The van der Waals surface area contributed by atoms with E-state index in [4.69, 9.17) is 4.74 Å². The first-order valence-corrected chi connectivity index (χ1v) is 7.24. The van der Waals surface area contributed by atoms with E-state index in [2.05, 4.69) is 5.32 Å². The van der Waals surface area contributed by atoms with Crippen molar-refractivity contribution in [2.24, 2.45) is 11.8 Å². The summed E-state index contributed by atoms with van der Waals surface area (Å²) >= 11 is 0. The van der Waals surface area contributed by atoms with Gasteiger partial charge in [0, 0.05) is 26.1 Å². The van der Waals surface area contributed by atoms with Crippen LogP contribution in [0.1, 0.15) is 33.1 Å². The standard InChI is InChI=1S/C14H24N2O3/c1-10(2)13-14(18)16(6-5-12(17)15-13)8-11-4-3-7-19-9-11/h10-11,13H,3-9H2,1-2H3,(H,15,17). The molecule has 2 aliphatic rings. The maximum atomic E-state index is 12.5. The summed E-state index contributed by atoms with van der Waals surface area (Å²) in [5, 5.41) is 2.83. The Labute approximate surface area is 114 Å². The average molecular weight is 268 g/mol. The Morgan fingerprint density at radius 2 is 2.21 bits per heavy atom. The molecule has 19 heavy (non-hydrogen) atoms. The van der Waals surface area contributed by atoms with E-state index in [1.54, 1.807) is 0 Å². The van der Waals surface area contributed by atoms with Crippen molar-refractivity contribution in [3.05, 3.63) is 0 Å². The molecule has 2 saturated heterocycles. The molecule has 0 bridgehead atoms. The third-order valence-corrected chi connectivity index (χ3v) is 3.90. The third kappa shape index (κ3) is 3.69. The second-order valence-corrected chi connectivity index (χ2v) is 5.91. The lowest BCUT2D eigenvalue weighted by atomic mass is 9.99. The van der Waals surface area contributed by atoms with E-state index in [-0.39, 0.29) is 23.8 Å². The van der Waals surface area contributed by atoms with Crippen LogP contribution in [0.5, 0.6) is 0 Å². The topological polar surface area (TPSA) is 58.6 Å². The smallest absolute Gasteiger partial charge is 0.245 e. The molecule has 0 aromatic carbocycles. The van der Waals surface area contributed by atoms with Crippen LogP contribution in [0.4, 0.5) is 0 Å². The van der Waals surface area contributed by atoms with Crippen LogP contribution in [0, 0.1) is 11.8 Å². The maximum Gasteiger partial charge on any atom is 0.245 e. The number of amides is 2. The van der Waals surface area contributed by atoms with E-state index >= 15 is 0 Å². The molecule has 5 nitrogen and oxygen atoms in total. The van der Waals surface area contributed by atoms with Gasteiger partial charge in [-0.3, -0.25) is 9.59 Å². The zero-order valence-corrected chi connectivity index (χ0v) is 11.9. The second-order valence-electron chi connectivity index (χ2n) is 5.91. The first-order chi connectivity index (χ1) is 9.08. The molecule has 2 aliphatic heterocycles. The zero-order valence-electron chi connectivity index (χ0n) is 11.9. The molecule has 0 aliphatic carbocycles. The summed E-state index contributed by atoms with van der Waals surface area (Å²) in [7, 11) is 0. The molecular formula is C14H24N2O3. The minimum absolute atomic E-state index is 0.0190. The molecule has 0 radical (unpaired) electrons. The molecular weight excluding hydrogens is 244 g/mol. The molecule has 2 heterocycles. The number of rotatable bonds is 3. The molecule has 0 aromatic rings. The highest BCUT2D eigenvalue weighted by Gasteiger charge is 2.33. The summed E-state index contributed by atoms with van der Waals surface area (Å²) in [4.78, 5) is 26.0. The van der Waals surface area contributed by atoms with Gasteiger partial charge >= 0.3 is 0 Å². The van der Waals surface area contributed by atoms with Crippen LogP contribution in [-0.4, -0.2) is 49.1 Å². The predicted molar refractivity (Wildman–Crippen MR) is 71.5 cm³/mol.